The maximum absolute atomic E-state index is 12.6. The van der Waals surface area contributed by atoms with Crippen LogP contribution in [0.15, 0.2) is 36.4 Å². The molecule has 0 saturated heterocycles. The maximum Gasteiger partial charge on any atom is 0.319 e. The fourth-order valence-corrected chi connectivity index (χ4v) is 4.91. The number of hydrogen-bond acceptors (Lipinski definition) is 4. The Bertz CT molecular complexity index is 951. The standard InChI is InChI=1S/C34H56N4O4/c1-5-9-15-27(7-3)25-41-23-13-21-35-33(39)37-31-19-11-18-30-29(31)17-12-20-32(30)38-34(40)36-22-14-24-42-26-28(8-4)16-10-6-2/h11-12,17-20,27-28H,5-10,13-16,21-26H2,1-4H3,(H2,35,37,39)(H2,36,38,40)/t27-,28-/m1/s1. The van der Waals surface area contributed by atoms with Gasteiger partial charge in [0.1, 0.15) is 0 Å². The molecule has 0 unspecified atom stereocenters. The first kappa shape index (κ1) is 35.4. The number of fused-ring (bicyclic) bond motifs is 1. The molecule has 0 aliphatic heterocycles. The van der Waals surface area contributed by atoms with E-state index in [1.54, 1.807) is 0 Å². The van der Waals surface area contributed by atoms with E-state index in [9.17, 15) is 9.59 Å². The molecule has 0 aliphatic carbocycles. The number of amides is 4. The highest BCUT2D eigenvalue weighted by Crippen LogP contribution is 2.29. The smallest absolute Gasteiger partial charge is 0.319 e. The second-order valence-electron chi connectivity index (χ2n) is 11.2. The average molecular weight is 585 g/mol. The van der Waals surface area contributed by atoms with E-state index in [-0.39, 0.29) is 12.1 Å². The minimum absolute atomic E-state index is 0.258. The fourth-order valence-electron chi connectivity index (χ4n) is 4.91. The van der Waals surface area contributed by atoms with Crippen LogP contribution in [0.2, 0.25) is 0 Å². The number of benzene rings is 2. The topological polar surface area (TPSA) is 101 Å². The number of unbranched alkanes of at least 4 members (excludes halogenated alkanes) is 2. The molecule has 8 nitrogen and oxygen atoms in total. The van der Waals surface area contributed by atoms with E-state index in [0.717, 1.165) is 49.7 Å². The van der Waals surface area contributed by atoms with Gasteiger partial charge in [0, 0.05) is 50.3 Å². The summed E-state index contributed by atoms with van der Waals surface area (Å²) in [5.74, 6) is 1.24. The highest BCUT2D eigenvalue weighted by molar-refractivity contribution is 6.08. The van der Waals surface area contributed by atoms with Gasteiger partial charge in [0.15, 0.2) is 0 Å². The van der Waals surface area contributed by atoms with Crippen LogP contribution in [-0.2, 0) is 9.47 Å². The van der Waals surface area contributed by atoms with Gasteiger partial charge in [-0.25, -0.2) is 9.59 Å². The lowest BCUT2D eigenvalue weighted by Crippen LogP contribution is -2.30. The SMILES string of the molecule is CCCC[C@@H](CC)COCCCNC(=O)Nc1cccc2c(NC(=O)NCCCOC[C@H](CC)CCCC)cccc12. The van der Waals surface area contributed by atoms with Crippen molar-refractivity contribution >= 4 is 34.2 Å². The normalized spacial score (nSPS) is 12.6. The number of carbonyl (C=O) groups is 2. The van der Waals surface area contributed by atoms with E-state index >= 15 is 0 Å². The average Bonchev–Trinajstić information content (AvgIpc) is 3.00. The molecule has 0 radical (unpaired) electrons. The summed E-state index contributed by atoms with van der Waals surface area (Å²) in [5, 5.41) is 13.4. The van der Waals surface area contributed by atoms with Gasteiger partial charge in [0.2, 0.25) is 0 Å². The Morgan fingerprint density at radius 2 is 1.07 bits per heavy atom. The second-order valence-corrected chi connectivity index (χ2v) is 11.2. The first-order valence-electron chi connectivity index (χ1n) is 16.3. The highest BCUT2D eigenvalue weighted by atomic mass is 16.5. The number of carbonyl (C=O) groups excluding carboxylic acids is 2. The zero-order chi connectivity index (χ0) is 30.4. The number of hydrogen-bond donors (Lipinski definition) is 4. The summed E-state index contributed by atoms with van der Waals surface area (Å²) in [4.78, 5) is 25.1. The summed E-state index contributed by atoms with van der Waals surface area (Å²) in [5.41, 5.74) is 1.38. The molecular weight excluding hydrogens is 528 g/mol. The quantitative estimate of drug-likeness (QED) is 0.105. The van der Waals surface area contributed by atoms with Crippen LogP contribution in [0.5, 0.6) is 0 Å². The molecule has 8 heteroatoms. The van der Waals surface area contributed by atoms with Crippen molar-refractivity contribution in [2.45, 2.75) is 91.9 Å². The molecule has 0 saturated carbocycles. The van der Waals surface area contributed by atoms with Crippen LogP contribution < -0.4 is 21.3 Å². The summed E-state index contributed by atoms with van der Waals surface area (Å²) in [6.07, 6.45) is 11.2. The molecule has 2 aromatic carbocycles. The van der Waals surface area contributed by atoms with Crippen LogP contribution >= 0.6 is 0 Å². The lowest BCUT2D eigenvalue weighted by atomic mass is 10.0. The molecule has 42 heavy (non-hydrogen) atoms. The molecule has 236 valence electrons. The predicted molar refractivity (Wildman–Crippen MR) is 175 cm³/mol. The van der Waals surface area contributed by atoms with Crippen LogP contribution in [0.25, 0.3) is 10.8 Å². The van der Waals surface area contributed by atoms with Gasteiger partial charge in [0.25, 0.3) is 0 Å². The highest BCUT2D eigenvalue weighted by Gasteiger charge is 2.11. The van der Waals surface area contributed by atoms with Crippen LogP contribution in [0.3, 0.4) is 0 Å². The lowest BCUT2D eigenvalue weighted by molar-refractivity contribution is 0.0924. The van der Waals surface area contributed by atoms with E-state index < -0.39 is 0 Å². The molecule has 2 rings (SSSR count). The van der Waals surface area contributed by atoms with Crippen molar-refractivity contribution in [3.63, 3.8) is 0 Å². The van der Waals surface area contributed by atoms with Crippen molar-refractivity contribution in [2.75, 3.05) is 50.2 Å². The number of nitrogens with one attached hydrogen (secondary N) is 4. The van der Waals surface area contributed by atoms with Gasteiger partial charge >= 0.3 is 12.1 Å². The lowest BCUT2D eigenvalue weighted by Gasteiger charge is -2.15. The molecule has 0 aliphatic rings. The molecule has 2 aromatic rings. The van der Waals surface area contributed by atoms with Crippen molar-refractivity contribution in [1.29, 1.82) is 0 Å². The van der Waals surface area contributed by atoms with Crippen LogP contribution in [0.1, 0.15) is 91.9 Å². The van der Waals surface area contributed by atoms with Gasteiger partial charge in [0.05, 0.1) is 11.4 Å². The van der Waals surface area contributed by atoms with Gasteiger partial charge in [-0.15, -0.1) is 0 Å². The van der Waals surface area contributed by atoms with Gasteiger partial charge in [-0.1, -0.05) is 90.5 Å². The summed E-state index contributed by atoms with van der Waals surface area (Å²) in [6, 6.07) is 10.8. The van der Waals surface area contributed by atoms with Gasteiger partial charge in [-0.2, -0.15) is 0 Å². The number of ether oxygens (including phenoxy) is 2. The molecule has 0 aromatic heterocycles. The molecule has 0 fully saturated rings. The van der Waals surface area contributed by atoms with Crippen LogP contribution in [-0.4, -0.2) is 51.6 Å². The number of anilines is 2. The molecule has 4 amide bonds. The first-order chi connectivity index (χ1) is 20.5. The Balaban J connectivity index is 1.74. The Morgan fingerprint density at radius 3 is 1.45 bits per heavy atom. The molecule has 0 heterocycles. The van der Waals surface area contributed by atoms with Gasteiger partial charge < -0.3 is 30.7 Å². The predicted octanol–water partition coefficient (Wildman–Crippen LogP) is 8.33. The minimum atomic E-state index is -0.258. The number of urea groups is 2. The van der Waals surface area contributed by atoms with Crippen LogP contribution in [0.4, 0.5) is 21.0 Å². The Kier molecular flexibility index (Phi) is 18.4. The summed E-state index contributed by atoms with van der Waals surface area (Å²) in [6.45, 7) is 12.8. The van der Waals surface area contributed by atoms with E-state index in [0.29, 0.717) is 49.5 Å². The van der Waals surface area contributed by atoms with Crippen molar-refractivity contribution in [3.8, 4) is 0 Å². The zero-order valence-electron chi connectivity index (χ0n) is 26.6. The van der Waals surface area contributed by atoms with Gasteiger partial charge in [-0.05, 0) is 49.7 Å². The Hall–Kier alpha value is -2.84. The monoisotopic (exact) mass is 584 g/mol. The summed E-state index contributed by atoms with van der Waals surface area (Å²) >= 11 is 0. The number of rotatable bonds is 22. The van der Waals surface area contributed by atoms with Gasteiger partial charge in [-0.3, -0.25) is 0 Å². The summed E-state index contributed by atoms with van der Waals surface area (Å²) in [7, 11) is 0. The Labute approximate surface area is 254 Å². The maximum atomic E-state index is 12.6. The molecule has 2 atom stereocenters. The van der Waals surface area contributed by atoms with Crippen molar-refractivity contribution < 1.29 is 19.1 Å². The largest absolute Gasteiger partial charge is 0.381 e. The molecule has 0 spiro atoms. The van der Waals surface area contributed by atoms with E-state index in [1.165, 1.54) is 38.5 Å². The van der Waals surface area contributed by atoms with E-state index in [2.05, 4.69) is 49.0 Å². The second kappa shape index (κ2) is 21.8. The van der Waals surface area contributed by atoms with Crippen molar-refractivity contribution in [1.82, 2.24) is 10.6 Å². The van der Waals surface area contributed by atoms with E-state index in [1.807, 2.05) is 36.4 Å². The van der Waals surface area contributed by atoms with Crippen molar-refractivity contribution in [3.05, 3.63) is 36.4 Å². The third kappa shape index (κ3) is 13.9. The third-order valence-electron chi connectivity index (χ3n) is 7.71. The molecule has 4 N–H and O–H groups in total. The Morgan fingerprint density at radius 1 is 0.643 bits per heavy atom. The third-order valence-corrected chi connectivity index (χ3v) is 7.71. The van der Waals surface area contributed by atoms with Crippen LogP contribution in [0, 0.1) is 11.8 Å². The molecular formula is C34H56N4O4. The molecule has 0 bridgehead atoms. The minimum Gasteiger partial charge on any atom is -0.381 e. The zero-order valence-corrected chi connectivity index (χ0v) is 26.6. The van der Waals surface area contributed by atoms with Crippen molar-refractivity contribution in [2.24, 2.45) is 11.8 Å². The fraction of sp³-hybridized carbons (Fsp3) is 0.647. The summed E-state index contributed by atoms with van der Waals surface area (Å²) < 4.78 is 11.7. The van der Waals surface area contributed by atoms with E-state index in [4.69, 9.17) is 9.47 Å². The first-order valence-corrected chi connectivity index (χ1v) is 16.3.